The number of hydrogen-bond donors (Lipinski definition) is 2. The van der Waals surface area contributed by atoms with Crippen molar-refractivity contribution >= 4 is 23.2 Å². The lowest BCUT2D eigenvalue weighted by molar-refractivity contribution is -0.118. The second kappa shape index (κ2) is 4.73. The number of fused-ring (bicyclic) bond motifs is 1. The molecule has 0 saturated heterocycles. The van der Waals surface area contributed by atoms with Crippen LogP contribution in [0.2, 0.25) is 0 Å². The minimum atomic E-state index is -0.381. The number of carbonyl (C=O) groups is 2. The molecule has 1 aromatic carbocycles. The van der Waals surface area contributed by atoms with E-state index in [2.05, 4.69) is 10.6 Å². The second-order valence-electron chi connectivity index (χ2n) is 5.22. The molecule has 5 nitrogen and oxygen atoms in total. The summed E-state index contributed by atoms with van der Waals surface area (Å²) in [5, 5.41) is 13.9. The Hall–Kier alpha value is -2.35. The fourth-order valence-corrected chi connectivity index (χ4v) is 2.30. The largest absolute Gasteiger partial charge is 0.324 e. The van der Waals surface area contributed by atoms with Crippen molar-refractivity contribution in [2.24, 2.45) is 0 Å². The molecule has 1 heterocycles. The Kier molecular flexibility index (Phi) is 3.26. The first-order valence-electron chi connectivity index (χ1n) is 6.04. The number of hydrogen-bond acceptors (Lipinski definition) is 3. The molecule has 2 amide bonds. The molecule has 1 aliphatic heterocycles. The summed E-state index contributed by atoms with van der Waals surface area (Å²) >= 11 is 0. The van der Waals surface area contributed by atoms with Crippen LogP contribution >= 0.6 is 0 Å². The molecule has 2 rings (SSSR count). The van der Waals surface area contributed by atoms with Crippen LogP contribution in [0.3, 0.4) is 0 Å². The van der Waals surface area contributed by atoms with Crippen LogP contribution in [0.4, 0.5) is 11.4 Å². The van der Waals surface area contributed by atoms with Crippen molar-refractivity contribution in [3.05, 3.63) is 23.8 Å². The average Bonchev–Trinajstić information content (AvgIpc) is 2.29. The van der Waals surface area contributed by atoms with Crippen LogP contribution in [0.1, 0.15) is 32.3 Å². The lowest BCUT2D eigenvalue weighted by Crippen LogP contribution is -2.33. The third kappa shape index (κ3) is 2.58. The van der Waals surface area contributed by atoms with Crippen LogP contribution < -0.4 is 10.6 Å². The van der Waals surface area contributed by atoms with Gasteiger partial charge < -0.3 is 10.6 Å². The van der Waals surface area contributed by atoms with Gasteiger partial charge in [-0.2, -0.15) is 5.26 Å². The van der Waals surface area contributed by atoms with E-state index >= 15 is 0 Å². The molecule has 0 spiro atoms. The molecular weight excluding hydrogens is 242 g/mol. The molecule has 0 radical (unpaired) electrons. The van der Waals surface area contributed by atoms with Crippen LogP contribution in [-0.4, -0.2) is 11.8 Å². The third-order valence-electron chi connectivity index (χ3n) is 3.17. The minimum absolute atomic E-state index is 0.0699. The molecule has 1 aliphatic rings. The molecule has 0 unspecified atom stereocenters. The van der Waals surface area contributed by atoms with Crippen molar-refractivity contribution < 1.29 is 9.59 Å². The van der Waals surface area contributed by atoms with Crippen molar-refractivity contribution in [1.82, 2.24) is 0 Å². The van der Waals surface area contributed by atoms with Crippen LogP contribution in [0.15, 0.2) is 18.2 Å². The molecule has 0 fully saturated rings. The van der Waals surface area contributed by atoms with Crippen molar-refractivity contribution in [2.75, 3.05) is 10.6 Å². The zero-order chi connectivity index (χ0) is 14.0. The first-order chi connectivity index (χ1) is 8.94. The fourth-order valence-electron chi connectivity index (χ4n) is 2.30. The van der Waals surface area contributed by atoms with E-state index in [1.54, 1.807) is 12.1 Å². The molecule has 0 aliphatic carbocycles. The number of nitriles is 1. The summed E-state index contributed by atoms with van der Waals surface area (Å²) in [5.74, 6) is -0.451. The molecule has 0 saturated carbocycles. The van der Waals surface area contributed by atoms with Gasteiger partial charge in [0.25, 0.3) is 0 Å². The maximum Gasteiger partial charge on any atom is 0.238 e. The molecule has 19 heavy (non-hydrogen) atoms. The molecule has 98 valence electrons. The highest BCUT2D eigenvalue weighted by atomic mass is 16.2. The monoisotopic (exact) mass is 257 g/mol. The molecule has 5 heteroatoms. The summed E-state index contributed by atoms with van der Waals surface area (Å²) < 4.78 is 0. The number of nitrogens with one attached hydrogen (secondary N) is 2. The van der Waals surface area contributed by atoms with Gasteiger partial charge in [0.15, 0.2) is 0 Å². The van der Waals surface area contributed by atoms with Gasteiger partial charge in [-0.25, -0.2) is 0 Å². The smallest absolute Gasteiger partial charge is 0.238 e. The van der Waals surface area contributed by atoms with Crippen LogP contribution in [0.25, 0.3) is 0 Å². The summed E-state index contributed by atoms with van der Waals surface area (Å²) in [6.45, 7) is 3.98. The normalized spacial score (nSPS) is 15.9. The van der Waals surface area contributed by atoms with E-state index in [-0.39, 0.29) is 23.7 Å². The maximum absolute atomic E-state index is 11.7. The van der Waals surface area contributed by atoms with Gasteiger partial charge in [-0.3, -0.25) is 9.59 Å². The van der Waals surface area contributed by atoms with Gasteiger partial charge in [-0.05, 0) is 11.6 Å². The van der Waals surface area contributed by atoms with E-state index in [0.717, 1.165) is 5.56 Å². The Balaban J connectivity index is 2.41. The van der Waals surface area contributed by atoms with Gasteiger partial charge in [0, 0.05) is 11.8 Å². The number of para-hydroxylation sites is 1. The molecular formula is C14H15N3O2. The molecule has 1 aromatic rings. The number of amides is 2. The Morgan fingerprint density at radius 1 is 1.53 bits per heavy atom. The standard InChI is InChI=1S/C14H15N3O2/c1-14(2)8-12(19)17-13-9(14)4-3-5-10(13)16-11(18)6-7-15/h3-5H,6,8H2,1-2H3,(H,16,18)(H,17,19). The topological polar surface area (TPSA) is 82.0 Å². The van der Waals surface area contributed by atoms with Crippen LogP contribution in [0.5, 0.6) is 0 Å². The summed E-state index contributed by atoms with van der Waals surface area (Å²) in [7, 11) is 0. The quantitative estimate of drug-likeness (QED) is 0.851. The van der Waals surface area contributed by atoms with E-state index < -0.39 is 0 Å². The van der Waals surface area contributed by atoms with Gasteiger partial charge in [0.2, 0.25) is 11.8 Å². The Bertz CT molecular complexity index is 585. The highest BCUT2D eigenvalue weighted by molar-refractivity contribution is 6.03. The van der Waals surface area contributed by atoms with Crippen LogP contribution in [-0.2, 0) is 15.0 Å². The second-order valence-corrected chi connectivity index (χ2v) is 5.22. The Morgan fingerprint density at radius 2 is 2.26 bits per heavy atom. The third-order valence-corrected chi connectivity index (χ3v) is 3.17. The Labute approximate surface area is 111 Å². The lowest BCUT2D eigenvalue weighted by Gasteiger charge is -2.33. The van der Waals surface area contributed by atoms with E-state index in [4.69, 9.17) is 5.26 Å². The van der Waals surface area contributed by atoms with Crippen molar-refractivity contribution in [1.29, 1.82) is 5.26 Å². The first-order valence-corrected chi connectivity index (χ1v) is 6.04. The highest BCUT2D eigenvalue weighted by Gasteiger charge is 2.33. The number of benzene rings is 1. The first kappa shape index (κ1) is 13.1. The molecule has 2 N–H and O–H groups in total. The molecule has 0 atom stereocenters. The predicted molar refractivity (Wildman–Crippen MR) is 71.6 cm³/mol. The minimum Gasteiger partial charge on any atom is -0.324 e. The zero-order valence-electron chi connectivity index (χ0n) is 10.9. The Morgan fingerprint density at radius 3 is 2.95 bits per heavy atom. The van der Waals surface area contributed by atoms with Gasteiger partial charge in [-0.1, -0.05) is 26.0 Å². The summed E-state index contributed by atoms with van der Waals surface area (Å²) in [5.41, 5.74) is 1.89. The number of anilines is 2. The van der Waals surface area contributed by atoms with Gasteiger partial charge in [0.1, 0.15) is 6.42 Å². The molecule has 0 bridgehead atoms. The maximum atomic E-state index is 11.7. The number of carbonyl (C=O) groups excluding carboxylic acids is 2. The van der Waals surface area contributed by atoms with Crippen LogP contribution in [0, 0.1) is 11.3 Å². The van der Waals surface area contributed by atoms with E-state index in [9.17, 15) is 9.59 Å². The lowest BCUT2D eigenvalue weighted by atomic mass is 9.77. The molecule has 0 aromatic heterocycles. The highest BCUT2D eigenvalue weighted by Crippen LogP contribution is 2.40. The van der Waals surface area contributed by atoms with Gasteiger partial charge in [-0.15, -0.1) is 0 Å². The summed E-state index contributed by atoms with van der Waals surface area (Å²) in [6.07, 6.45) is 0.205. The van der Waals surface area contributed by atoms with E-state index in [0.29, 0.717) is 17.8 Å². The number of nitrogens with zero attached hydrogens (tertiary/aromatic N) is 1. The SMILES string of the molecule is CC1(C)CC(=O)Nc2c(NC(=O)CC#N)cccc21. The van der Waals surface area contributed by atoms with E-state index in [1.165, 1.54) is 0 Å². The fraction of sp³-hybridized carbons (Fsp3) is 0.357. The van der Waals surface area contributed by atoms with E-state index in [1.807, 2.05) is 26.0 Å². The van der Waals surface area contributed by atoms with Crippen molar-refractivity contribution in [3.8, 4) is 6.07 Å². The summed E-state index contributed by atoms with van der Waals surface area (Å²) in [4.78, 5) is 23.2. The average molecular weight is 257 g/mol. The zero-order valence-corrected chi connectivity index (χ0v) is 10.9. The van der Waals surface area contributed by atoms with Gasteiger partial charge >= 0.3 is 0 Å². The van der Waals surface area contributed by atoms with Crippen molar-refractivity contribution in [2.45, 2.75) is 32.1 Å². The predicted octanol–water partition coefficient (Wildman–Crippen LogP) is 2.16. The van der Waals surface area contributed by atoms with Crippen molar-refractivity contribution in [3.63, 3.8) is 0 Å². The summed E-state index contributed by atoms with van der Waals surface area (Å²) in [6, 6.07) is 7.28. The number of rotatable bonds is 2. The van der Waals surface area contributed by atoms with Gasteiger partial charge in [0.05, 0.1) is 17.4 Å².